The Morgan fingerprint density at radius 3 is 2.70 bits per heavy atom. The number of aryl methyl sites for hydroxylation is 1. The van der Waals surface area contributed by atoms with Crippen LogP contribution in [-0.4, -0.2) is 13.0 Å². The molecule has 0 aliphatic rings. The lowest BCUT2D eigenvalue weighted by Crippen LogP contribution is -2.13. The van der Waals surface area contributed by atoms with Crippen molar-refractivity contribution in [3.8, 4) is 5.75 Å². The molecular weight excluding hydrogens is 252 g/mol. The number of methoxy groups -OCH3 is 1. The van der Waals surface area contributed by atoms with Gasteiger partial charge in [0.05, 0.1) is 12.8 Å². The number of anilines is 2. The van der Waals surface area contributed by atoms with Crippen LogP contribution in [0.3, 0.4) is 0 Å². The Hall–Kier alpha value is -2.49. The first-order chi connectivity index (χ1) is 9.65. The van der Waals surface area contributed by atoms with Gasteiger partial charge in [-0.15, -0.1) is 0 Å². The molecule has 0 aliphatic carbocycles. The van der Waals surface area contributed by atoms with Crippen LogP contribution in [0.2, 0.25) is 0 Å². The third-order valence-electron chi connectivity index (χ3n) is 3.14. The second kappa shape index (κ2) is 6.10. The Labute approximate surface area is 118 Å². The second-order valence-corrected chi connectivity index (χ2v) is 4.42. The molecule has 0 atom stereocenters. The van der Waals surface area contributed by atoms with Crippen LogP contribution in [0.4, 0.5) is 11.4 Å². The smallest absolute Gasteiger partial charge is 0.255 e. The molecule has 1 amide bonds. The van der Waals surface area contributed by atoms with Gasteiger partial charge in [0.25, 0.3) is 5.91 Å². The molecule has 0 spiro atoms. The zero-order chi connectivity index (χ0) is 14.5. The van der Waals surface area contributed by atoms with E-state index in [1.807, 2.05) is 24.3 Å². The number of carbonyl (C=O) groups excluding carboxylic acids is 1. The molecule has 0 saturated carbocycles. The number of para-hydroxylation sites is 1. The maximum atomic E-state index is 12.3. The van der Waals surface area contributed by atoms with Gasteiger partial charge in [-0.05, 0) is 36.2 Å². The van der Waals surface area contributed by atoms with Crippen LogP contribution < -0.4 is 15.8 Å². The van der Waals surface area contributed by atoms with Gasteiger partial charge in [-0.3, -0.25) is 4.79 Å². The van der Waals surface area contributed by atoms with Crippen molar-refractivity contribution in [2.45, 2.75) is 13.3 Å². The van der Waals surface area contributed by atoms with Crippen LogP contribution in [0, 0.1) is 0 Å². The van der Waals surface area contributed by atoms with E-state index in [0.717, 1.165) is 17.7 Å². The first-order valence-corrected chi connectivity index (χ1v) is 6.48. The minimum atomic E-state index is -0.177. The highest BCUT2D eigenvalue weighted by molar-refractivity contribution is 6.05. The van der Waals surface area contributed by atoms with Gasteiger partial charge >= 0.3 is 0 Å². The molecule has 0 heterocycles. The summed E-state index contributed by atoms with van der Waals surface area (Å²) in [4.78, 5) is 12.3. The number of hydrogen-bond acceptors (Lipinski definition) is 3. The molecule has 104 valence electrons. The van der Waals surface area contributed by atoms with Crippen LogP contribution in [0.25, 0.3) is 0 Å². The van der Waals surface area contributed by atoms with E-state index >= 15 is 0 Å². The molecule has 2 rings (SSSR count). The van der Waals surface area contributed by atoms with E-state index in [1.165, 1.54) is 7.11 Å². The summed E-state index contributed by atoms with van der Waals surface area (Å²) in [5.41, 5.74) is 8.70. The van der Waals surface area contributed by atoms with E-state index in [2.05, 4.69) is 12.2 Å². The summed E-state index contributed by atoms with van der Waals surface area (Å²) < 4.78 is 5.13. The fourth-order valence-corrected chi connectivity index (χ4v) is 2.00. The van der Waals surface area contributed by atoms with Gasteiger partial charge in [0.15, 0.2) is 0 Å². The van der Waals surface area contributed by atoms with Gasteiger partial charge in [0.2, 0.25) is 0 Å². The predicted octanol–water partition coefficient (Wildman–Crippen LogP) is 3.09. The lowest BCUT2D eigenvalue weighted by atomic mass is 10.1. The molecule has 20 heavy (non-hydrogen) atoms. The van der Waals surface area contributed by atoms with E-state index < -0.39 is 0 Å². The SMILES string of the molecule is CCc1ccccc1NC(=O)c1ccc(N)c(OC)c1. The molecule has 0 unspecified atom stereocenters. The Morgan fingerprint density at radius 1 is 1.25 bits per heavy atom. The van der Waals surface area contributed by atoms with Crippen molar-refractivity contribution in [3.63, 3.8) is 0 Å². The standard InChI is InChI=1S/C16H18N2O2/c1-3-11-6-4-5-7-14(11)18-16(19)12-8-9-13(17)15(10-12)20-2/h4-10H,3,17H2,1-2H3,(H,18,19). The van der Waals surface area contributed by atoms with E-state index in [0.29, 0.717) is 17.0 Å². The van der Waals surface area contributed by atoms with Crippen LogP contribution in [-0.2, 0) is 6.42 Å². The number of rotatable bonds is 4. The van der Waals surface area contributed by atoms with E-state index in [4.69, 9.17) is 10.5 Å². The molecule has 0 radical (unpaired) electrons. The maximum absolute atomic E-state index is 12.3. The largest absolute Gasteiger partial charge is 0.495 e. The minimum Gasteiger partial charge on any atom is -0.495 e. The van der Waals surface area contributed by atoms with Crippen molar-refractivity contribution in [2.75, 3.05) is 18.2 Å². The van der Waals surface area contributed by atoms with Crippen molar-refractivity contribution in [2.24, 2.45) is 0 Å². The third-order valence-corrected chi connectivity index (χ3v) is 3.14. The number of carbonyl (C=O) groups is 1. The Morgan fingerprint density at radius 2 is 2.00 bits per heavy atom. The monoisotopic (exact) mass is 270 g/mol. The van der Waals surface area contributed by atoms with Gasteiger partial charge in [-0.1, -0.05) is 25.1 Å². The fraction of sp³-hybridized carbons (Fsp3) is 0.188. The highest BCUT2D eigenvalue weighted by Crippen LogP contribution is 2.23. The molecular formula is C16H18N2O2. The molecule has 0 aliphatic heterocycles. The summed E-state index contributed by atoms with van der Waals surface area (Å²) in [5, 5.41) is 2.91. The first-order valence-electron chi connectivity index (χ1n) is 6.48. The second-order valence-electron chi connectivity index (χ2n) is 4.42. The topological polar surface area (TPSA) is 64.4 Å². The molecule has 0 bridgehead atoms. The van der Waals surface area contributed by atoms with Crippen LogP contribution >= 0.6 is 0 Å². The quantitative estimate of drug-likeness (QED) is 0.839. The predicted molar refractivity (Wildman–Crippen MR) is 81.2 cm³/mol. The molecule has 0 fully saturated rings. The van der Waals surface area contributed by atoms with Crippen LogP contribution in [0.15, 0.2) is 42.5 Å². The molecule has 2 aromatic rings. The lowest BCUT2D eigenvalue weighted by molar-refractivity contribution is 0.102. The molecule has 4 heteroatoms. The summed E-state index contributed by atoms with van der Waals surface area (Å²) in [6.45, 7) is 2.05. The number of nitrogens with one attached hydrogen (secondary N) is 1. The first kappa shape index (κ1) is 13.9. The summed E-state index contributed by atoms with van der Waals surface area (Å²) in [7, 11) is 1.53. The fourth-order valence-electron chi connectivity index (χ4n) is 2.00. The average Bonchev–Trinajstić information content (AvgIpc) is 2.48. The summed E-state index contributed by atoms with van der Waals surface area (Å²) in [6, 6.07) is 12.7. The van der Waals surface area contributed by atoms with Crippen LogP contribution in [0.1, 0.15) is 22.8 Å². The van der Waals surface area contributed by atoms with Crippen molar-refractivity contribution in [1.29, 1.82) is 0 Å². The lowest BCUT2D eigenvalue weighted by Gasteiger charge is -2.11. The van der Waals surface area contributed by atoms with Crippen molar-refractivity contribution < 1.29 is 9.53 Å². The number of amides is 1. The number of ether oxygens (including phenoxy) is 1. The molecule has 0 saturated heterocycles. The average molecular weight is 270 g/mol. The van der Waals surface area contributed by atoms with Gasteiger partial charge < -0.3 is 15.8 Å². The number of hydrogen-bond donors (Lipinski definition) is 2. The normalized spacial score (nSPS) is 10.1. The highest BCUT2D eigenvalue weighted by atomic mass is 16.5. The molecule has 3 N–H and O–H groups in total. The van der Waals surface area contributed by atoms with Gasteiger partial charge in [0, 0.05) is 11.3 Å². The minimum absolute atomic E-state index is 0.177. The van der Waals surface area contributed by atoms with Gasteiger partial charge in [-0.25, -0.2) is 0 Å². The summed E-state index contributed by atoms with van der Waals surface area (Å²) >= 11 is 0. The van der Waals surface area contributed by atoms with Crippen LogP contribution in [0.5, 0.6) is 5.75 Å². The van der Waals surface area contributed by atoms with Crippen molar-refractivity contribution >= 4 is 17.3 Å². The number of nitrogen functional groups attached to an aromatic ring is 1. The molecule has 4 nitrogen and oxygen atoms in total. The van der Waals surface area contributed by atoms with Gasteiger partial charge in [0.1, 0.15) is 5.75 Å². The van der Waals surface area contributed by atoms with Crippen molar-refractivity contribution in [3.05, 3.63) is 53.6 Å². The highest BCUT2D eigenvalue weighted by Gasteiger charge is 2.10. The zero-order valence-corrected chi connectivity index (χ0v) is 11.6. The molecule has 2 aromatic carbocycles. The Balaban J connectivity index is 2.24. The number of benzene rings is 2. The third kappa shape index (κ3) is 2.91. The van der Waals surface area contributed by atoms with Gasteiger partial charge in [-0.2, -0.15) is 0 Å². The van der Waals surface area contributed by atoms with E-state index in [1.54, 1.807) is 18.2 Å². The van der Waals surface area contributed by atoms with E-state index in [-0.39, 0.29) is 5.91 Å². The summed E-state index contributed by atoms with van der Waals surface area (Å²) in [5.74, 6) is 0.325. The molecule has 0 aromatic heterocycles. The van der Waals surface area contributed by atoms with E-state index in [9.17, 15) is 4.79 Å². The summed E-state index contributed by atoms with van der Waals surface area (Å²) in [6.07, 6.45) is 0.863. The zero-order valence-electron chi connectivity index (χ0n) is 11.6. The van der Waals surface area contributed by atoms with Crippen molar-refractivity contribution in [1.82, 2.24) is 0 Å². The maximum Gasteiger partial charge on any atom is 0.255 e. The Bertz CT molecular complexity index is 624. The number of nitrogens with two attached hydrogens (primary N) is 1. The Kier molecular flexibility index (Phi) is 4.25.